The number of allylic oxidation sites excluding steroid dienone is 2. The quantitative estimate of drug-likeness (QED) is 0.551. The molecule has 1 nitrogen and oxygen atoms in total. The zero-order valence-corrected chi connectivity index (χ0v) is 5.59. The molecule has 0 radical (unpaired) electrons. The first-order valence-corrected chi connectivity index (χ1v) is 3.78. The number of nitrogens with two attached hydrogens (primary N) is 1. The smallest absolute Gasteiger partial charge is 0.00430 e. The third kappa shape index (κ3) is 0.988. The second-order valence-corrected chi connectivity index (χ2v) is 3.28. The Hall–Kier alpha value is -0.300. The van der Waals surface area contributed by atoms with E-state index in [0.717, 1.165) is 24.3 Å². The summed E-state index contributed by atoms with van der Waals surface area (Å²) in [5, 5.41) is 0. The third-order valence-corrected chi connectivity index (χ3v) is 2.72. The molecule has 0 spiro atoms. The highest BCUT2D eigenvalue weighted by molar-refractivity contribution is 5.10. The van der Waals surface area contributed by atoms with Gasteiger partial charge in [-0.1, -0.05) is 19.6 Å². The van der Waals surface area contributed by atoms with Gasteiger partial charge < -0.3 is 5.73 Å². The molecule has 2 aliphatic rings. The van der Waals surface area contributed by atoms with Crippen molar-refractivity contribution in [2.45, 2.75) is 20.3 Å². The Kier molecular flexibility index (Phi) is 2.14. The van der Waals surface area contributed by atoms with Crippen molar-refractivity contribution in [2.24, 2.45) is 23.5 Å². The highest BCUT2D eigenvalue weighted by Crippen LogP contribution is 2.42. The summed E-state index contributed by atoms with van der Waals surface area (Å²) < 4.78 is 0. The van der Waals surface area contributed by atoms with Gasteiger partial charge in [0, 0.05) is 0 Å². The van der Waals surface area contributed by atoms with E-state index in [2.05, 4.69) is 12.2 Å². The van der Waals surface area contributed by atoms with Crippen LogP contribution < -0.4 is 5.73 Å². The molecule has 1 saturated carbocycles. The Labute approximate surface area is 63.3 Å². The first-order chi connectivity index (χ1) is 4.40. The molecule has 0 heterocycles. The second-order valence-electron chi connectivity index (χ2n) is 3.28. The summed E-state index contributed by atoms with van der Waals surface area (Å²) in [4.78, 5) is 0. The van der Waals surface area contributed by atoms with Crippen molar-refractivity contribution in [1.29, 1.82) is 0 Å². The maximum Gasteiger partial charge on any atom is -0.00430 e. The zero-order chi connectivity index (χ0) is 6.27. The topological polar surface area (TPSA) is 26.0 Å². The van der Waals surface area contributed by atoms with Gasteiger partial charge in [0.15, 0.2) is 0 Å². The number of rotatable bonds is 1. The minimum atomic E-state index is 0. The van der Waals surface area contributed by atoms with Gasteiger partial charge in [-0.25, -0.2) is 0 Å². The van der Waals surface area contributed by atoms with Crippen molar-refractivity contribution in [1.82, 2.24) is 0 Å². The van der Waals surface area contributed by atoms with Gasteiger partial charge in [-0.3, -0.25) is 0 Å². The van der Waals surface area contributed by atoms with Gasteiger partial charge in [0.2, 0.25) is 0 Å². The fourth-order valence-corrected chi connectivity index (χ4v) is 2.17. The van der Waals surface area contributed by atoms with E-state index in [1.54, 1.807) is 0 Å². The number of fused-ring (bicyclic) bond motifs is 2. The molecule has 0 aromatic carbocycles. The predicted molar refractivity (Wildman–Crippen MR) is 44.6 cm³/mol. The van der Waals surface area contributed by atoms with Crippen LogP contribution in [0.1, 0.15) is 20.3 Å². The minimum absolute atomic E-state index is 0. The van der Waals surface area contributed by atoms with Crippen LogP contribution in [0.5, 0.6) is 0 Å². The molecule has 0 aromatic heterocycles. The zero-order valence-electron chi connectivity index (χ0n) is 5.59. The summed E-state index contributed by atoms with van der Waals surface area (Å²) in [5.41, 5.74) is 5.59. The Morgan fingerprint density at radius 3 is 2.40 bits per heavy atom. The summed E-state index contributed by atoms with van der Waals surface area (Å²) in [6.45, 7) is 0.894. The highest BCUT2D eigenvalue weighted by Gasteiger charge is 2.34. The first kappa shape index (κ1) is 7.80. The van der Waals surface area contributed by atoms with Crippen LogP contribution in [0.15, 0.2) is 12.2 Å². The fraction of sp³-hybridized carbons (Fsp3) is 0.778. The molecule has 0 aliphatic heterocycles. The van der Waals surface area contributed by atoms with Crippen LogP contribution in [-0.2, 0) is 0 Å². The van der Waals surface area contributed by atoms with Crippen molar-refractivity contribution in [3.63, 3.8) is 0 Å². The standard InChI is InChI=1S/C8H13N.CH4/c9-5-8-4-6-1-2-7(8)3-6;/h1-2,6-8H,3-5,9H2;1H4. The van der Waals surface area contributed by atoms with Crippen molar-refractivity contribution >= 4 is 0 Å². The van der Waals surface area contributed by atoms with Crippen molar-refractivity contribution in [3.8, 4) is 0 Å². The molecule has 2 aliphatic carbocycles. The first-order valence-electron chi connectivity index (χ1n) is 3.78. The molecule has 2 N–H and O–H groups in total. The average molecular weight is 139 g/mol. The molecule has 0 aromatic rings. The largest absolute Gasteiger partial charge is 0.330 e. The van der Waals surface area contributed by atoms with E-state index in [1.165, 1.54) is 12.8 Å². The number of hydrogen-bond donors (Lipinski definition) is 1. The Balaban J connectivity index is 0.000000500. The molecule has 58 valence electrons. The summed E-state index contributed by atoms with van der Waals surface area (Å²) in [5.74, 6) is 2.56. The van der Waals surface area contributed by atoms with Gasteiger partial charge in [0.05, 0.1) is 0 Å². The van der Waals surface area contributed by atoms with Gasteiger partial charge in [-0.2, -0.15) is 0 Å². The van der Waals surface area contributed by atoms with Gasteiger partial charge in [0.1, 0.15) is 0 Å². The van der Waals surface area contributed by atoms with Crippen LogP contribution in [0.3, 0.4) is 0 Å². The second kappa shape index (κ2) is 2.75. The molecule has 3 unspecified atom stereocenters. The van der Waals surface area contributed by atoms with Crippen LogP contribution in [0.25, 0.3) is 0 Å². The average Bonchev–Trinajstić information content (AvgIpc) is 2.45. The van der Waals surface area contributed by atoms with E-state index < -0.39 is 0 Å². The van der Waals surface area contributed by atoms with E-state index in [1.807, 2.05) is 0 Å². The lowest BCUT2D eigenvalue weighted by Gasteiger charge is -2.14. The molecular weight excluding hydrogens is 122 g/mol. The van der Waals surface area contributed by atoms with E-state index in [0.29, 0.717) is 0 Å². The summed E-state index contributed by atoms with van der Waals surface area (Å²) in [6.07, 6.45) is 7.46. The van der Waals surface area contributed by atoms with E-state index in [-0.39, 0.29) is 7.43 Å². The lowest BCUT2D eigenvalue weighted by molar-refractivity contribution is 0.459. The Morgan fingerprint density at radius 2 is 2.10 bits per heavy atom. The highest BCUT2D eigenvalue weighted by atomic mass is 14.6. The molecule has 2 bridgehead atoms. The van der Waals surface area contributed by atoms with Crippen LogP contribution in [0.4, 0.5) is 0 Å². The SMILES string of the molecule is C.NCC1CC2C=CC1C2. The summed E-state index contributed by atoms with van der Waals surface area (Å²) >= 11 is 0. The third-order valence-electron chi connectivity index (χ3n) is 2.72. The van der Waals surface area contributed by atoms with E-state index in [4.69, 9.17) is 5.73 Å². The Morgan fingerprint density at radius 1 is 1.30 bits per heavy atom. The fourth-order valence-electron chi connectivity index (χ4n) is 2.17. The lowest BCUT2D eigenvalue weighted by atomic mass is 9.94. The predicted octanol–water partition coefficient (Wildman–Crippen LogP) is 1.79. The Bertz CT molecular complexity index is 140. The maximum absolute atomic E-state index is 5.59. The molecular formula is C9H17N. The minimum Gasteiger partial charge on any atom is -0.330 e. The monoisotopic (exact) mass is 139 g/mol. The summed E-state index contributed by atoms with van der Waals surface area (Å²) in [6, 6.07) is 0. The van der Waals surface area contributed by atoms with Gasteiger partial charge >= 0.3 is 0 Å². The van der Waals surface area contributed by atoms with Crippen LogP contribution in [0.2, 0.25) is 0 Å². The van der Waals surface area contributed by atoms with Crippen LogP contribution in [0, 0.1) is 17.8 Å². The molecule has 1 fully saturated rings. The molecule has 0 amide bonds. The molecule has 0 saturated heterocycles. The molecule has 2 rings (SSSR count). The van der Waals surface area contributed by atoms with Crippen molar-refractivity contribution in [2.75, 3.05) is 6.54 Å². The summed E-state index contributed by atoms with van der Waals surface area (Å²) in [7, 11) is 0. The van der Waals surface area contributed by atoms with Crippen molar-refractivity contribution in [3.05, 3.63) is 12.2 Å². The van der Waals surface area contributed by atoms with Gasteiger partial charge in [0.25, 0.3) is 0 Å². The lowest BCUT2D eigenvalue weighted by Crippen LogP contribution is -2.17. The molecule has 1 heteroatoms. The number of hydrogen-bond acceptors (Lipinski definition) is 1. The van der Waals surface area contributed by atoms with Crippen LogP contribution >= 0.6 is 0 Å². The van der Waals surface area contributed by atoms with Gasteiger partial charge in [-0.05, 0) is 37.1 Å². The molecule has 10 heavy (non-hydrogen) atoms. The normalized spacial score (nSPS) is 41.9. The maximum atomic E-state index is 5.59. The van der Waals surface area contributed by atoms with Gasteiger partial charge in [-0.15, -0.1) is 0 Å². The van der Waals surface area contributed by atoms with E-state index >= 15 is 0 Å². The van der Waals surface area contributed by atoms with E-state index in [9.17, 15) is 0 Å². The van der Waals surface area contributed by atoms with Crippen LogP contribution in [-0.4, -0.2) is 6.54 Å². The van der Waals surface area contributed by atoms with Crippen molar-refractivity contribution < 1.29 is 0 Å². The molecule has 3 atom stereocenters.